The quantitative estimate of drug-likeness (QED) is 0.648. The Hall–Kier alpha value is -1.14. The highest BCUT2D eigenvalue weighted by atomic mass is 32.2. The number of carbonyl (C=O) groups is 1. The van der Waals surface area contributed by atoms with Crippen LogP contribution in [0.5, 0.6) is 0 Å². The maximum Gasteiger partial charge on any atom is 0.230 e. The second-order valence-electron chi connectivity index (χ2n) is 6.87. The molecular formula is C18H25N3OS2. The minimum Gasteiger partial charge on any atom is -0.352 e. The first-order valence-electron chi connectivity index (χ1n) is 8.60. The van der Waals surface area contributed by atoms with Crippen molar-refractivity contribution in [1.82, 2.24) is 15.3 Å². The van der Waals surface area contributed by atoms with E-state index in [2.05, 4.69) is 43.0 Å². The van der Waals surface area contributed by atoms with Gasteiger partial charge in [-0.3, -0.25) is 4.79 Å². The third-order valence-electron chi connectivity index (χ3n) is 5.32. The minimum atomic E-state index is 0.113. The van der Waals surface area contributed by atoms with Gasteiger partial charge in [-0.2, -0.15) is 0 Å². The number of hydrogen-bond acceptors (Lipinski definition) is 5. The Bertz CT molecular complexity index is 743. The molecule has 6 heteroatoms. The van der Waals surface area contributed by atoms with Crippen molar-refractivity contribution in [1.29, 1.82) is 0 Å². The van der Waals surface area contributed by atoms with Gasteiger partial charge in [0.2, 0.25) is 5.91 Å². The average molecular weight is 364 g/mol. The molecular weight excluding hydrogens is 338 g/mol. The Balaban J connectivity index is 1.64. The van der Waals surface area contributed by atoms with E-state index in [1.165, 1.54) is 35.0 Å². The third-order valence-corrected chi connectivity index (χ3v) is 7.43. The van der Waals surface area contributed by atoms with E-state index < -0.39 is 0 Å². The molecule has 2 aromatic rings. The van der Waals surface area contributed by atoms with Crippen LogP contribution < -0.4 is 5.32 Å². The van der Waals surface area contributed by atoms with E-state index in [1.807, 2.05) is 0 Å². The van der Waals surface area contributed by atoms with Gasteiger partial charge in [-0.15, -0.1) is 11.3 Å². The van der Waals surface area contributed by atoms with Gasteiger partial charge in [0.25, 0.3) is 0 Å². The molecule has 130 valence electrons. The predicted octanol–water partition coefficient (Wildman–Crippen LogP) is 4.34. The number of aryl methyl sites for hydroxylation is 2. The molecule has 1 saturated carbocycles. The van der Waals surface area contributed by atoms with Gasteiger partial charge in [0.15, 0.2) is 0 Å². The van der Waals surface area contributed by atoms with Crippen molar-refractivity contribution in [2.24, 2.45) is 11.8 Å². The van der Waals surface area contributed by atoms with Gasteiger partial charge in [0.1, 0.15) is 16.2 Å². The smallest absolute Gasteiger partial charge is 0.230 e. The van der Waals surface area contributed by atoms with Gasteiger partial charge in [-0.05, 0) is 37.7 Å². The predicted molar refractivity (Wildman–Crippen MR) is 102 cm³/mol. The van der Waals surface area contributed by atoms with Crippen LogP contribution in [-0.2, 0) is 4.79 Å². The number of hydrogen-bond donors (Lipinski definition) is 1. The van der Waals surface area contributed by atoms with E-state index in [1.54, 1.807) is 17.7 Å². The fraction of sp³-hybridized carbons (Fsp3) is 0.611. The highest BCUT2D eigenvalue weighted by Crippen LogP contribution is 2.34. The minimum absolute atomic E-state index is 0.113. The Labute approximate surface area is 151 Å². The topological polar surface area (TPSA) is 54.9 Å². The summed E-state index contributed by atoms with van der Waals surface area (Å²) in [6, 6.07) is 0.317. The summed E-state index contributed by atoms with van der Waals surface area (Å²) in [4.78, 5) is 23.4. The molecule has 2 heterocycles. The zero-order valence-corrected chi connectivity index (χ0v) is 16.4. The molecule has 1 amide bonds. The van der Waals surface area contributed by atoms with E-state index in [0.29, 0.717) is 23.6 Å². The van der Waals surface area contributed by atoms with Gasteiger partial charge in [0, 0.05) is 16.3 Å². The van der Waals surface area contributed by atoms with E-state index >= 15 is 0 Å². The number of thioether (sulfide) groups is 1. The van der Waals surface area contributed by atoms with Crippen molar-refractivity contribution in [2.45, 2.75) is 58.0 Å². The second kappa shape index (κ2) is 7.40. The molecule has 0 saturated heterocycles. The normalized spacial score (nSPS) is 24.2. The molecule has 1 aliphatic carbocycles. The van der Waals surface area contributed by atoms with Crippen LogP contribution in [0.4, 0.5) is 0 Å². The summed E-state index contributed by atoms with van der Waals surface area (Å²) in [5.74, 6) is 1.77. The molecule has 3 rings (SSSR count). The Morgan fingerprint density at radius 1 is 1.33 bits per heavy atom. The number of aromatic nitrogens is 2. The van der Waals surface area contributed by atoms with Crippen molar-refractivity contribution in [3.8, 4) is 0 Å². The summed E-state index contributed by atoms with van der Waals surface area (Å²) in [5.41, 5.74) is 1.23. The van der Waals surface area contributed by atoms with E-state index in [0.717, 1.165) is 21.7 Å². The molecule has 0 bridgehead atoms. The van der Waals surface area contributed by atoms with Crippen LogP contribution in [0.3, 0.4) is 0 Å². The molecule has 1 fully saturated rings. The zero-order valence-electron chi connectivity index (χ0n) is 14.8. The molecule has 0 unspecified atom stereocenters. The first kappa shape index (κ1) is 17.7. The monoisotopic (exact) mass is 363 g/mol. The van der Waals surface area contributed by atoms with Crippen molar-refractivity contribution in [3.63, 3.8) is 0 Å². The highest BCUT2D eigenvalue weighted by molar-refractivity contribution is 8.00. The number of nitrogens with zero attached hydrogens (tertiary/aromatic N) is 2. The molecule has 4 nitrogen and oxygen atoms in total. The number of amides is 1. The average Bonchev–Trinajstić information content (AvgIpc) is 2.85. The number of carbonyl (C=O) groups excluding carboxylic acids is 1. The van der Waals surface area contributed by atoms with Crippen LogP contribution in [0.2, 0.25) is 0 Å². The lowest BCUT2D eigenvalue weighted by molar-refractivity contribution is -0.119. The van der Waals surface area contributed by atoms with Gasteiger partial charge in [-0.1, -0.05) is 38.5 Å². The molecule has 24 heavy (non-hydrogen) atoms. The first-order chi connectivity index (χ1) is 11.5. The molecule has 0 aliphatic heterocycles. The van der Waals surface area contributed by atoms with Crippen molar-refractivity contribution >= 4 is 39.2 Å². The van der Waals surface area contributed by atoms with Crippen molar-refractivity contribution in [3.05, 3.63) is 16.8 Å². The number of rotatable bonds is 4. The maximum absolute atomic E-state index is 12.4. The standard InChI is InChI=1S/C18H25N3OS2/c1-10-6-5-7-14(11(10)2)21-15(22)8-23-17-16-12(3)13(4)24-18(16)20-9-19-17/h9-11,14H,5-8H2,1-4H3,(H,21,22)/t10-,11+,14+/m0/s1. The molecule has 0 aromatic carbocycles. The molecule has 1 aliphatic rings. The van der Waals surface area contributed by atoms with Gasteiger partial charge in [0.05, 0.1) is 5.75 Å². The molecule has 3 atom stereocenters. The molecule has 1 N–H and O–H groups in total. The SMILES string of the molecule is Cc1sc2ncnc(SCC(=O)N[C@@H]3CCC[C@H](C)[C@H]3C)c2c1C. The molecule has 2 aromatic heterocycles. The van der Waals surface area contributed by atoms with E-state index in [9.17, 15) is 4.79 Å². The second-order valence-corrected chi connectivity index (χ2v) is 9.04. The lowest BCUT2D eigenvalue weighted by Crippen LogP contribution is -2.44. The van der Waals surface area contributed by atoms with Crippen LogP contribution in [0, 0.1) is 25.7 Å². The van der Waals surface area contributed by atoms with Gasteiger partial charge >= 0.3 is 0 Å². The largest absolute Gasteiger partial charge is 0.352 e. The van der Waals surface area contributed by atoms with Crippen LogP contribution >= 0.6 is 23.1 Å². The lowest BCUT2D eigenvalue weighted by Gasteiger charge is -2.34. The summed E-state index contributed by atoms with van der Waals surface area (Å²) in [5, 5.41) is 5.26. The highest BCUT2D eigenvalue weighted by Gasteiger charge is 2.28. The van der Waals surface area contributed by atoms with Gasteiger partial charge < -0.3 is 5.32 Å². The molecule has 0 spiro atoms. The van der Waals surface area contributed by atoms with Crippen LogP contribution in [0.1, 0.15) is 43.6 Å². The molecule has 0 radical (unpaired) electrons. The lowest BCUT2D eigenvalue weighted by atomic mass is 9.78. The number of nitrogens with one attached hydrogen (secondary N) is 1. The summed E-state index contributed by atoms with van der Waals surface area (Å²) >= 11 is 3.21. The Morgan fingerprint density at radius 3 is 2.92 bits per heavy atom. The number of thiophene rings is 1. The maximum atomic E-state index is 12.4. The van der Waals surface area contributed by atoms with Crippen molar-refractivity contribution < 1.29 is 4.79 Å². The number of fused-ring (bicyclic) bond motifs is 1. The fourth-order valence-corrected chi connectivity index (χ4v) is 5.36. The van der Waals surface area contributed by atoms with Crippen LogP contribution in [0.25, 0.3) is 10.2 Å². The summed E-state index contributed by atoms with van der Waals surface area (Å²) in [6.07, 6.45) is 5.19. The fourth-order valence-electron chi connectivity index (χ4n) is 3.43. The summed E-state index contributed by atoms with van der Waals surface area (Å²) < 4.78 is 0. The van der Waals surface area contributed by atoms with Crippen molar-refractivity contribution in [2.75, 3.05) is 5.75 Å². The Kier molecular flexibility index (Phi) is 5.45. The van der Waals surface area contributed by atoms with Gasteiger partial charge in [-0.25, -0.2) is 9.97 Å². The summed E-state index contributed by atoms with van der Waals surface area (Å²) in [6.45, 7) is 8.76. The van der Waals surface area contributed by atoms with E-state index in [4.69, 9.17) is 0 Å². The van der Waals surface area contributed by atoms with E-state index in [-0.39, 0.29) is 5.91 Å². The Morgan fingerprint density at radius 2 is 2.12 bits per heavy atom. The van der Waals surface area contributed by atoms with Crippen LogP contribution in [-0.4, -0.2) is 27.7 Å². The zero-order chi connectivity index (χ0) is 17.3. The first-order valence-corrected chi connectivity index (χ1v) is 10.4. The van der Waals surface area contributed by atoms with Crippen LogP contribution in [0.15, 0.2) is 11.4 Å². The third kappa shape index (κ3) is 3.59. The summed E-state index contributed by atoms with van der Waals surface area (Å²) in [7, 11) is 0.